The Morgan fingerprint density at radius 1 is 1.45 bits per heavy atom. The van der Waals surface area contributed by atoms with E-state index in [0.717, 1.165) is 10.9 Å². The highest BCUT2D eigenvalue weighted by Gasteiger charge is 2.12. The van der Waals surface area contributed by atoms with Crippen molar-refractivity contribution in [3.05, 3.63) is 57.6 Å². The zero-order chi connectivity index (χ0) is 14.1. The number of aromatic amines is 1. The number of hydrogen-bond acceptors (Lipinski definition) is 4. The molecule has 0 aliphatic rings. The quantitative estimate of drug-likeness (QED) is 0.435. The molecule has 0 radical (unpaired) electrons. The number of carbonyl (C=O) groups excluding carboxylic acids is 1. The van der Waals surface area contributed by atoms with Crippen LogP contribution in [-0.2, 0) is 0 Å². The van der Waals surface area contributed by atoms with Crippen molar-refractivity contribution in [1.29, 1.82) is 0 Å². The van der Waals surface area contributed by atoms with Crippen molar-refractivity contribution in [2.45, 2.75) is 0 Å². The Kier molecular flexibility index (Phi) is 3.30. The number of nitrogens with zero attached hydrogens (tertiary/aromatic N) is 1. The number of hydrogen-bond donors (Lipinski definition) is 2. The fraction of sp³-hybridized carbons (Fsp3) is 0. The Morgan fingerprint density at radius 3 is 3.05 bits per heavy atom. The van der Waals surface area contributed by atoms with E-state index < -0.39 is 0 Å². The molecule has 1 aromatic carbocycles. The van der Waals surface area contributed by atoms with Gasteiger partial charge in [-0.2, -0.15) is 0 Å². The van der Waals surface area contributed by atoms with Gasteiger partial charge in [0.1, 0.15) is 5.76 Å². The molecule has 0 fully saturated rings. The lowest BCUT2D eigenvalue weighted by molar-refractivity contribution is 0.104. The summed E-state index contributed by atoms with van der Waals surface area (Å²) in [6.07, 6.45) is 4.36. The van der Waals surface area contributed by atoms with Crippen molar-refractivity contribution in [1.82, 2.24) is 9.97 Å². The third kappa shape index (κ3) is 2.33. The Balaban J connectivity index is 2.02. The lowest BCUT2D eigenvalue weighted by Gasteiger charge is -1.98. The molecule has 0 aliphatic carbocycles. The largest absolute Gasteiger partial charge is 0.507 e. The van der Waals surface area contributed by atoms with Crippen LogP contribution in [0, 0.1) is 0 Å². The van der Waals surface area contributed by atoms with Crippen molar-refractivity contribution in [2.24, 2.45) is 0 Å². The molecule has 0 saturated heterocycles. The number of allylic oxidation sites excluding steroid dienone is 1. The molecule has 2 heterocycles. The summed E-state index contributed by atoms with van der Waals surface area (Å²) >= 11 is 7.18. The van der Waals surface area contributed by atoms with E-state index in [9.17, 15) is 9.90 Å². The maximum absolute atomic E-state index is 11.9. The molecule has 6 heteroatoms. The summed E-state index contributed by atoms with van der Waals surface area (Å²) < 4.78 is 0. The van der Waals surface area contributed by atoms with Crippen LogP contribution >= 0.6 is 22.9 Å². The monoisotopic (exact) mass is 304 g/mol. The molecule has 0 aliphatic heterocycles. The van der Waals surface area contributed by atoms with E-state index in [4.69, 9.17) is 11.6 Å². The van der Waals surface area contributed by atoms with Gasteiger partial charge in [-0.15, -0.1) is 11.3 Å². The van der Waals surface area contributed by atoms with Crippen LogP contribution in [0.25, 0.3) is 16.7 Å². The zero-order valence-electron chi connectivity index (χ0n) is 10.1. The van der Waals surface area contributed by atoms with Crippen LogP contribution in [0.4, 0.5) is 0 Å². The van der Waals surface area contributed by atoms with Gasteiger partial charge in [-0.3, -0.25) is 4.79 Å². The van der Waals surface area contributed by atoms with Gasteiger partial charge >= 0.3 is 0 Å². The number of aromatic nitrogens is 2. The molecule has 20 heavy (non-hydrogen) atoms. The summed E-state index contributed by atoms with van der Waals surface area (Å²) in [6.45, 7) is 0. The summed E-state index contributed by atoms with van der Waals surface area (Å²) in [7, 11) is 0. The third-order valence-electron chi connectivity index (χ3n) is 2.83. The van der Waals surface area contributed by atoms with Crippen LogP contribution < -0.4 is 0 Å². The molecule has 0 atom stereocenters. The maximum Gasteiger partial charge on any atom is 0.218 e. The summed E-state index contributed by atoms with van der Waals surface area (Å²) in [5.74, 6) is -0.437. The average Bonchev–Trinajstić information content (AvgIpc) is 3.07. The van der Waals surface area contributed by atoms with Gasteiger partial charge in [0.05, 0.1) is 0 Å². The van der Waals surface area contributed by atoms with Gasteiger partial charge in [-0.1, -0.05) is 11.6 Å². The summed E-state index contributed by atoms with van der Waals surface area (Å²) in [5, 5.41) is 13.5. The number of thiazole rings is 1. The van der Waals surface area contributed by atoms with E-state index in [1.807, 2.05) is 6.07 Å². The minimum Gasteiger partial charge on any atom is -0.507 e. The number of rotatable bonds is 3. The SMILES string of the molecule is O=C(/C=C(\O)c1c[nH]c2ccc(Cl)cc12)c1nccs1. The van der Waals surface area contributed by atoms with Crippen molar-refractivity contribution in [3.8, 4) is 0 Å². The van der Waals surface area contributed by atoms with Crippen molar-refractivity contribution < 1.29 is 9.90 Å². The van der Waals surface area contributed by atoms with Crippen LogP contribution in [0.1, 0.15) is 15.4 Å². The molecule has 0 spiro atoms. The molecule has 3 aromatic rings. The first-order valence-corrected chi connectivity index (χ1v) is 7.02. The molecule has 0 amide bonds. The van der Waals surface area contributed by atoms with Gasteiger partial charge in [0.25, 0.3) is 0 Å². The second-order valence-corrected chi connectivity index (χ2v) is 5.45. The number of fused-ring (bicyclic) bond motifs is 1. The normalized spacial score (nSPS) is 11.9. The Hall–Kier alpha value is -2.11. The van der Waals surface area contributed by atoms with Gasteiger partial charge in [-0.05, 0) is 18.2 Å². The predicted molar refractivity (Wildman–Crippen MR) is 80.4 cm³/mol. The van der Waals surface area contributed by atoms with Crippen LogP contribution in [0.5, 0.6) is 0 Å². The van der Waals surface area contributed by atoms with E-state index >= 15 is 0 Å². The van der Waals surface area contributed by atoms with E-state index in [1.165, 1.54) is 17.4 Å². The number of halogens is 1. The van der Waals surface area contributed by atoms with Gasteiger partial charge in [0.15, 0.2) is 5.01 Å². The maximum atomic E-state index is 11.9. The topological polar surface area (TPSA) is 66.0 Å². The number of benzene rings is 1. The number of H-pyrrole nitrogens is 1. The van der Waals surface area contributed by atoms with Gasteiger partial charge in [-0.25, -0.2) is 4.98 Å². The summed E-state index contributed by atoms with van der Waals surface area (Å²) in [5.41, 5.74) is 1.37. The number of aliphatic hydroxyl groups is 1. The van der Waals surface area contributed by atoms with E-state index in [2.05, 4.69) is 9.97 Å². The number of nitrogens with one attached hydrogen (secondary N) is 1. The van der Waals surface area contributed by atoms with Gasteiger partial charge in [0.2, 0.25) is 5.78 Å². The van der Waals surface area contributed by atoms with Gasteiger partial charge < -0.3 is 10.1 Å². The molecule has 2 N–H and O–H groups in total. The molecule has 2 aromatic heterocycles. The Bertz CT molecular complexity index is 806. The third-order valence-corrected chi connectivity index (χ3v) is 3.85. The van der Waals surface area contributed by atoms with Crippen LogP contribution in [0.15, 0.2) is 42.0 Å². The second kappa shape index (κ2) is 5.11. The molecule has 100 valence electrons. The first kappa shape index (κ1) is 12.9. The highest BCUT2D eigenvalue weighted by atomic mass is 35.5. The van der Waals surface area contributed by atoms with Crippen molar-refractivity contribution in [3.63, 3.8) is 0 Å². The number of aliphatic hydroxyl groups excluding tert-OH is 1. The predicted octanol–water partition coefficient (Wildman–Crippen LogP) is 4.06. The summed E-state index contributed by atoms with van der Waals surface area (Å²) in [6, 6.07) is 5.31. The minimum atomic E-state index is -0.325. The molecule has 0 bridgehead atoms. The standard InChI is InChI=1S/C14H9ClN2O2S/c15-8-1-2-11-9(5-8)10(7-17-11)12(18)6-13(19)14-16-3-4-20-14/h1-7,17-18H/b12-6-. The smallest absolute Gasteiger partial charge is 0.218 e. The van der Waals surface area contributed by atoms with Crippen molar-refractivity contribution in [2.75, 3.05) is 0 Å². The van der Waals surface area contributed by atoms with Crippen LogP contribution in [0.2, 0.25) is 5.02 Å². The molecular formula is C14H9ClN2O2S. The molecule has 3 rings (SSSR count). The highest BCUT2D eigenvalue weighted by molar-refractivity contribution is 7.11. The first-order valence-electron chi connectivity index (χ1n) is 5.76. The Morgan fingerprint density at radius 2 is 2.30 bits per heavy atom. The number of carbonyl (C=O) groups is 1. The minimum absolute atomic E-state index is 0.112. The Labute approximate surface area is 123 Å². The fourth-order valence-electron chi connectivity index (χ4n) is 1.91. The highest BCUT2D eigenvalue weighted by Crippen LogP contribution is 2.26. The van der Waals surface area contributed by atoms with Gasteiger partial charge in [0, 0.05) is 45.3 Å². The van der Waals surface area contributed by atoms with Crippen LogP contribution in [0.3, 0.4) is 0 Å². The molecule has 0 unspecified atom stereocenters. The van der Waals surface area contributed by atoms with Crippen LogP contribution in [-0.4, -0.2) is 20.9 Å². The number of ketones is 1. The summed E-state index contributed by atoms with van der Waals surface area (Å²) in [4.78, 5) is 18.8. The zero-order valence-corrected chi connectivity index (χ0v) is 11.7. The van der Waals surface area contributed by atoms with E-state index in [1.54, 1.807) is 29.9 Å². The molecule has 4 nitrogen and oxygen atoms in total. The molecular weight excluding hydrogens is 296 g/mol. The first-order chi connectivity index (χ1) is 9.65. The fourth-order valence-corrected chi connectivity index (χ4v) is 2.63. The average molecular weight is 305 g/mol. The lowest BCUT2D eigenvalue weighted by atomic mass is 10.1. The van der Waals surface area contributed by atoms with E-state index in [-0.39, 0.29) is 11.5 Å². The molecule has 0 saturated carbocycles. The van der Waals surface area contributed by atoms with Crippen molar-refractivity contribution >= 4 is 45.4 Å². The van der Waals surface area contributed by atoms with E-state index in [0.29, 0.717) is 15.6 Å². The lowest BCUT2D eigenvalue weighted by Crippen LogP contribution is -1.95. The second-order valence-electron chi connectivity index (χ2n) is 4.12.